The van der Waals surface area contributed by atoms with Gasteiger partial charge in [0.25, 0.3) is 0 Å². The summed E-state index contributed by atoms with van der Waals surface area (Å²) in [5.74, 6) is 1.06. The summed E-state index contributed by atoms with van der Waals surface area (Å²) in [5.41, 5.74) is 0. The molecule has 2 fully saturated rings. The van der Waals surface area contributed by atoms with Gasteiger partial charge in [-0.2, -0.15) is 0 Å². The van der Waals surface area contributed by atoms with Crippen molar-refractivity contribution in [3.63, 3.8) is 0 Å². The lowest BCUT2D eigenvalue weighted by Gasteiger charge is -2.27. The van der Waals surface area contributed by atoms with Crippen LogP contribution in [0.5, 0.6) is 0 Å². The number of ether oxygens (including phenoxy) is 2. The Bertz CT molecular complexity index is 323. The number of rotatable bonds is 3. The minimum Gasteiger partial charge on any atom is -0.461 e. The van der Waals surface area contributed by atoms with E-state index >= 15 is 0 Å². The molecule has 0 aromatic heterocycles. The fraction of sp³-hybridized carbons (Fsp3) is 0.769. The third-order valence-corrected chi connectivity index (χ3v) is 3.96. The molecule has 3 aliphatic rings. The third kappa shape index (κ3) is 2.53. The number of esters is 1. The molecule has 0 amide bonds. The second kappa shape index (κ2) is 4.78. The maximum atomic E-state index is 11.8. The van der Waals surface area contributed by atoms with Crippen molar-refractivity contribution in [2.24, 2.45) is 11.8 Å². The van der Waals surface area contributed by atoms with Crippen molar-refractivity contribution in [3.8, 4) is 0 Å². The van der Waals surface area contributed by atoms with Crippen LogP contribution in [0.4, 0.5) is 0 Å². The van der Waals surface area contributed by atoms with Gasteiger partial charge in [0.2, 0.25) is 0 Å². The van der Waals surface area contributed by atoms with E-state index in [4.69, 9.17) is 9.47 Å². The van der Waals surface area contributed by atoms with Gasteiger partial charge in [0.1, 0.15) is 6.10 Å². The number of allylic oxidation sites excluding steroid dienone is 1. The minimum absolute atomic E-state index is 0.0714. The van der Waals surface area contributed by atoms with Crippen molar-refractivity contribution in [1.82, 2.24) is 4.90 Å². The van der Waals surface area contributed by atoms with Gasteiger partial charge in [-0.25, -0.2) is 0 Å². The van der Waals surface area contributed by atoms with E-state index in [2.05, 4.69) is 17.1 Å². The van der Waals surface area contributed by atoms with E-state index in [-0.39, 0.29) is 12.1 Å². The van der Waals surface area contributed by atoms with Gasteiger partial charge >= 0.3 is 5.97 Å². The molecule has 2 aliphatic carbocycles. The molecule has 0 radical (unpaired) electrons. The van der Waals surface area contributed by atoms with Crippen molar-refractivity contribution < 1.29 is 14.3 Å². The Kier molecular flexibility index (Phi) is 3.16. The van der Waals surface area contributed by atoms with Crippen molar-refractivity contribution in [2.75, 3.05) is 32.8 Å². The quantitative estimate of drug-likeness (QED) is 0.538. The highest BCUT2D eigenvalue weighted by Gasteiger charge is 2.38. The summed E-state index contributed by atoms with van der Waals surface area (Å²) < 4.78 is 10.8. The smallest absolute Gasteiger partial charge is 0.320 e. The van der Waals surface area contributed by atoms with Gasteiger partial charge in [0.15, 0.2) is 0 Å². The molecule has 1 saturated carbocycles. The molecule has 0 spiro atoms. The Morgan fingerprint density at radius 1 is 1.29 bits per heavy atom. The largest absolute Gasteiger partial charge is 0.461 e. The monoisotopic (exact) mass is 237 g/mol. The lowest BCUT2D eigenvalue weighted by Crippen LogP contribution is -2.41. The van der Waals surface area contributed by atoms with Crippen LogP contribution in [0.3, 0.4) is 0 Å². The summed E-state index contributed by atoms with van der Waals surface area (Å²) in [6.45, 7) is 3.55. The predicted octanol–water partition coefficient (Wildman–Crippen LogP) is 0.826. The highest BCUT2D eigenvalue weighted by atomic mass is 16.5. The van der Waals surface area contributed by atoms with Crippen LogP contribution in [0.2, 0.25) is 0 Å². The number of nitrogens with zero attached hydrogens (tertiary/aromatic N) is 1. The molecule has 0 aromatic rings. The standard InChI is InChI=1S/C13H19NO3/c15-13(9-14-3-5-16-6-4-14)17-12-8-10-1-2-11(12)7-10/h1-2,10-12H,3-9H2. The molecule has 17 heavy (non-hydrogen) atoms. The van der Waals surface area contributed by atoms with Gasteiger partial charge in [-0.1, -0.05) is 12.2 Å². The number of carbonyl (C=O) groups excluding carboxylic acids is 1. The zero-order valence-corrected chi connectivity index (χ0v) is 10.0. The fourth-order valence-electron chi connectivity index (χ4n) is 3.01. The van der Waals surface area contributed by atoms with Gasteiger partial charge in [0.05, 0.1) is 19.8 Å². The minimum atomic E-state index is -0.0714. The van der Waals surface area contributed by atoms with E-state index in [0.29, 0.717) is 18.4 Å². The zero-order valence-electron chi connectivity index (χ0n) is 10.0. The molecule has 0 N–H and O–H groups in total. The average molecular weight is 237 g/mol. The normalized spacial score (nSPS) is 36.4. The fourth-order valence-corrected chi connectivity index (χ4v) is 3.01. The number of hydrogen-bond acceptors (Lipinski definition) is 4. The second-order valence-electron chi connectivity index (χ2n) is 5.20. The van der Waals surface area contributed by atoms with Crippen LogP contribution in [0, 0.1) is 11.8 Å². The van der Waals surface area contributed by atoms with Gasteiger partial charge in [-0.05, 0) is 18.8 Å². The second-order valence-corrected chi connectivity index (χ2v) is 5.20. The first-order valence-electron chi connectivity index (χ1n) is 6.49. The summed E-state index contributed by atoms with van der Waals surface area (Å²) in [6, 6.07) is 0. The van der Waals surface area contributed by atoms with E-state index in [1.807, 2.05) is 0 Å². The van der Waals surface area contributed by atoms with E-state index in [9.17, 15) is 4.79 Å². The zero-order chi connectivity index (χ0) is 11.7. The lowest BCUT2D eigenvalue weighted by molar-refractivity contribution is -0.152. The highest BCUT2D eigenvalue weighted by Crippen LogP contribution is 2.40. The van der Waals surface area contributed by atoms with Crippen molar-refractivity contribution in [1.29, 1.82) is 0 Å². The first-order valence-corrected chi connectivity index (χ1v) is 6.49. The summed E-state index contributed by atoms with van der Waals surface area (Å²) >= 11 is 0. The maximum Gasteiger partial charge on any atom is 0.320 e. The number of hydrogen-bond donors (Lipinski definition) is 0. The van der Waals surface area contributed by atoms with E-state index in [1.54, 1.807) is 0 Å². The van der Waals surface area contributed by atoms with E-state index < -0.39 is 0 Å². The number of morpholine rings is 1. The third-order valence-electron chi connectivity index (χ3n) is 3.96. The van der Waals surface area contributed by atoms with Gasteiger partial charge in [-0.15, -0.1) is 0 Å². The molecule has 2 bridgehead atoms. The summed E-state index contributed by atoms with van der Waals surface area (Å²) in [6.07, 6.45) is 6.81. The van der Waals surface area contributed by atoms with Crippen molar-refractivity contribution in [3.05, 3.63) is 12.2 Å². The highest BCUT2D eigenvalue weighted by molar-refractivity contribution is 5.72. The van der Waals surface area contributed by atoms with Crippen LogP contribution in [0.15, 0.2) is 12.2 Å². The molecule has 1 saturated heterocycles. The molecule has 0 aromatic carbocycles. The SMILES string of the molecule is O=C(CN1CCOCC1)OC1CC2C=CC1C2. The topological polar surface area (TPSA) is 38.8 Å². The van der Waals surface area contributed by atoms with Crippen molar-refractivity contribution >= 4 is 5.97 Å². The Morgan fingerprint density at radius 3 is 2.76 bits per heavy atom. The summed E-state index contributed by atoms with van der Waals surface area (Å²) in [4.78, 5) is 13.9. The first kappa shape index (κ1) is 11.2. The molecule has 3 unspecified atom stereocenters. The molecule has 1 heterocycles. The van der Waals surface area contributed by atoms with Gasteiger partial charge in [-0.3, -0.25) is 9.69 Å². The average Bonchev–Trinajstić information content (AvgIpc) is 2.92. The van der Waals surface area contributed by atoms with Crippen LogP contribution in [0.25, 0.3) is 0 Å². The summed E-state index contributed by atoms with van der Waals surface area (Å²) in [7, 11) is 0. The Labute approximate surface area is 102 Å². The van der Waals surface area contributed by atoms with E-state index in [0.717, 1.165) is 32.7 Å². The number of fused-ring (bicyclic) bond motifs is 2. The molecule has 1 aliphatic heterocycles. The number of carbonyl (C=O) groups is 1. The molecule has 4 heteroatoms. The van der Waals surface area contributed by atoms with Crippen LogP contribution in [-0.2, 0) is 14.3 Å². The first-order chi connectivity index (χ1) is 8.31. The van der Waals surface area contributed by atoms with Crippen LogP contribution in [-0.4, -0.2) is 49.8 Å². The Morgan fingerprint density at radius 2 is 2.12 bits per heavy atom. The molecular weight excluding hydrogens is 218 g/mol. The molecule has 3 atom stereocenters. The van der Waals surface area contributed by atoms with Crippen molar-refractivity contribution in [2.45, 2.75) is 18.9 Å². The summed E-state index contributed by atoms with van der Waals surface area (Å²) in [5, 5.41) is 0. The molecule has 4 nitrogen and oxygen atoms in total. The maximum absolute atomic E-state index is 11.8. The molecule has 94 valence electrons. The lowest BCUT2D eigenvalue weighted by atomic mass is 10.0. The van der Waals surface area contributed by atoms with E-state index in [1.165, 1.54) is 6.42 Å². The van der Waals surface area contributed by atoms with Gasteiger partial charge < -0.3 is 9.47 Å². The van der Waals surface area contributed by atoms with Crippen LogP contribution in [0.1, 0.15) is 12.8 Å². The molecular formula is C13H19NO3. The van der Waals surface area contributed by atoms with Crippen LogP contribution < -0.4 is 0 Å². The Hall–Kier alpha value is -0.870. The Balaban J connectivity index is 1.45. The molecule has 3 rings (SSSR count). The predicted molar refractivity (Wildman–Crippen MR) is 62.5 cm³/mol. The van der Waals surface area contributed by atoms with Gasteiger partial charge in [0, 0.05) is 19.0 Å². The van der Waals surface area contributed by atoms with Crippen LogP contribution >= 0.6 is 0 Å².